The highest BCUT2D eigenvalue weighted by Gasteiger charge is 2.24. The molecule has 1 unspecified atom stereocenters. The van der Waals surface area contributed by atoms with Gasteiger partial charge in [0.05, 0.1) is 11.0 Å². The molecular formula is C18H26N4O. The summed E-state index contributed by atoms with van der Waals surface area (Å²) in [7, 11) is 0. The number of carbonyl (C=O) groups excluding carboxylic acids is 1. The fraction of sp³-hybridized carbons (Fsp3) is 0.556. The van der Waals surface area contributed by atoms with E-state index in [2.05, 4.69) is 40.3 Å². The molecule has 1 aliphatic heterocycles. The maximum absolute atomic E-state index is 11.6. The second-order valence-electron chi connectivity index (χ2n) is 6.49. The molecule has 5 nitrogen and oxygen atoms in total. The molecule has 1 fully saturated rings. The molecule has 0 radical (unpaired) electrons. The van der Waals surface area contributed by atoms with Gasteiger partial charge in [-0.25, -0.2) is 4.98 Å². The van der Waals surface area contributed by atoms with Crippen LogP contribution in [-0.2, 0) is 4.79 Å². The number of aryl methyl sites for hydroxylation is 1. The molecule has 2 heterocycles. The maximum atomic E-state index is 11.6. The zero-order valence-electron chi connectivity index (χ0n) is 14.1. The molecular weight excluding hydrogens is 288 g/mol. The van der Waals surface area contributed by atoms with Crippen LogP contribution in [0.3, 0.4) is 0 Å². The van der Waals surface area contributed by atoms with Gasteiger partial charge in [-0.2, -0.15) is 0 Å². The number of aromatic nitrogens is 2. The first-order valence-electron chi connectivity index (χ1n) is 8.61. The zero-order chi connectivity index (χ0) is 16.2. The third kappa shape index (κ3) is 3.91. The Balaban J connectivity index is 1.64. The van der Waals surface area contributed by atoms with Gasteiger partial charge in [0.2, 0.25) is 5.91 Å². The Hall–Kier alpha value is -1.88. The molecule has 0 spiro atoms. The van der Waals surface area contributed by atoms with Gasteiger partial charge in [0, 0.05) is 32.0 Å². The lowest BCUT2D eigenvalue weighted by molar-refractivity contribution is -0.121. The number of fused-ring (bicyclic) bond motifs is 1. The monoisotopic (exact) mass is 314 g/mol. The summed E-state index contributed by atoms with van der Waals surface area (Å²) in [5.74, 6) is 1.67. The molecule has 0 saturated carbocycles. The number of amides is 1. The molecule has 1 aromatic carbocycles. The van der Waals surface area contributed by atoms with Crippen LogP contribution < -0.4 is 5.32 Å². The van der Waals surface area contributed by atoms with Crippen molar-refractivity contribution in [2.75, 3.05) is 26.2 Å². The van der Waals surface area contributed by atoms with Crippen molar-refractivity contribution in [3.63, 3.8) is 0 Å². The van der Waals surface area contributed by atoms with Gasteiger partial charge >= 0.3 is 0 Å². The van der Waals surface area contributed by atoms with Gasteiger partial charge in [0.25, 0.3) is 0 Å². The molecule has 2 aromatic rings. The Morgan fingerprint density at radius 3 is 3.17 bits per heavy atom. The van der Waals surface area contributed by atoms with Gasteiger partial charge in [-0.15, -0.1) is 0 Å². The number of likely N-dealkylation sites (tertiary alicyclic amines) is 1. The summed E-state index contributed by atoms with van der Waals surface area (Å²) in [5.41, 5.74) is 3.42. The summed E-state index contributed by atoms with van der Waals surface area (Å²) in [6.45, 7) is 7.66. The number of nitrogens with one attached hydrogen (secondary N) is 2. The van der Waals surface area contributed by atoms with Gasteiger partial charge in [-0.1, -0.05) is 6.07 Å². The van der Waals surface area contributed by atoms with Crippen molar-refractivity contribution in [1.29, 1.82) is 0 Å². The highest BCUT2D eigenvalue weighted by Crippen LogP contribution is 2.27. The van der Waals surface area contributed by atoms with E-state index < -0.39 is 0 Å². The molecule has 0 bridgehead atoms. The lowest BCUT2D eigenvalue weighted by Gasteiger charge is -2.31. The number of piperidine rings is 1. The van der Waals surface area contributed by atoms with Crippen molar-refractivity contribution < 1.29 is 4.79 Å². The number of imidazole rings is 1. The summed E-state index contributed by atoms with van der Waals surface area (Å²) < 4.78 is 0. The van der Waals surface area contributed by atoms with E-state index in [1.807, 2.05) is 6.92 Å². The first-order chi connectivity index (χ1) is 11.2. The summed E-state index contributed by atoms with van der Waals surface area (Å²) >= 11 is 0. The largest absolute Gasteiger partial charge is 0.356 e. The Morgan fingerprint density at radius 2 is 2.35 bits per heavy atom. The molecule has 1 saturated heterocycles. The van der Waals surface area contributed by atoms with E-state index in [1.165, 1.54) is 5.56 Å². The minimum atomic E-state index is 0.147. The minimum Gasteiger partial charge on any atom is -0.356 e. The van der Waals surface area contributed by atoms with E-state index in [0.717, 1.165) is 49.3 Å². The smallest absolute Gasteiger partial charge is 0.221 e. The van der Waals surface area contributed by atoms with Crippen molar-refractivity contribution in [2.45, 2.75) is 39.0 Å². The van der Waals surface area contributed by atoms with E-state index in [0.29, 0.717) is 18.9 Å². The van der Waals surface area contributed by atoms with E-state index in [4.69, 9.17) is 4.98 Å². The number of hydrogen-bond donors (Lipinski definition) is 2. The molecule has 23 heavy (non-hydrogen) atoms. The standard InChI is InChI=1S/C18H26N4O/c1-3-19-17(23)8-10-22-9-4-5-14(12-22)18-20-15-7-6-13(2)11-16(15)21-18/h6-7,11,14H,3-5,8-10,12H2,1-2H3,(H,19,23)(H,20,21). The first kappa shape index (κ1) is 16.0. The highest BCUT2D eigenvalue weighted by molar-refractivity contribution is 5.76. The average Bonchev–Trinajstić information content (AvgIpc) is 2.96. The van der Waals surface area contributed by atoms with Gasteiger partial charge in [0.1, 0.15) is 5.82 Å². The number of aromatic amines is 1. The molecule has 1 aromatic heterocycles. The topological polar surface area (TPSA) is 61.0 Å². The number of benzene rings is 1. The molecule has 1 aliphatic rings. The SMILES string of the molecule is CCNC(=O)CCN1CCCC(c2nc3ccc(C)cc3[nH]2)C1. The maximum Gasteiger partial charge on any atom is 0.221 e. The third-order valence-corrected chi connectivity index (χ3v) is 4.58. The first-order valence-corrected chi connectivity index (χ1v) is 8.61. The highest BCUT2D eigenvalue weighted by atomic mass is 16.1. The van der Waals surface area contributed by atoms with Gasteiger partial charge in [0.15, 0.2) is 0 Å². The molecule has 2 N–H and O–H groups in total. The summed E-state index contributed by atoms with van der Waals surface area (Å²) in [4.78, 5) is 22.3. The summed E-state index contributed by atoms with van der Waals surface area (Å²) in [6.07, 6.45) is 2.91. The second-order valence-corrected chi connectivity index (χ2v) is 6.49. The van der Waals surface area contributed by atoms with Crippen LogP contribution in [-0.4, -0.2) is 47.0 Å². The normalized spacial score (nSPS) is 19.1. The molecule has 3 rings (SSSR count). The number of hydrogen-bond acceptors (Lipinski definition) is 3. The quantitative estimate of drug-likeness (QED) is 0.892. The van der Waals surface area contributed by atoms with Crippen LogP contribution >= 0.6 is 0 Å². The van der Waals surface area contributed by atoms with E-state index in [-0.39, 0.29) is 5.91 Å². The van der Waals surface area contributed by atoms with Crippen LogP contribution in [0.4, 0.5) is 0 Å². The second kappa shape index (κ2) is 7.13. The fourth-order valence-corrected chi connectivity index (χ4v) is 3.36. The Labute approximate surface area is 137 Å². The van der Waals surface area contributed by atoms with E-state index in [1.54, 1.807) is 0 Å². The predicted octanol–water partition coefficient (Wildman–Crippen LogP) is 2.58. The van der Waals surface area contributed by atoms with Crippen LogP contribution in [0.2, 0.25) is 0 Å². The van der Waals surface area contributed by atoms with Gasteiger partial charge in [-0.05, 0) is 50.9 Å². The van der Waals surface area contributed by atoms with Crippen molar-refractivity contribution in [1.82, 2.24) is 20.2 Å². The minimum absolute atomic E-state index is 0.147. The van der Waals surface area contributed by atoms with E-state index >= 15 is 0 Å². The fourth-order valence-electron chi connectivity index (χ4n) is 3.36. The zero-order valence-corrected chi connectivity index (χ0v) is 14.1. The number of rotatable bonds is 5. The lowest BCUT2D eigenvalue weighted by atomic mass is 9.97. The lowest BCUT2D eigenvalue weighted by Crippen LogP contribution is -2.37. The van der Waals surface area contributed by atoms with Crippen LogP contribution in [0.1, 0.15) is 43.5 Å². The Morgan fingerprint density at radius 1 is 1.48 bits per heavy atom. The predicted molar refractivity (Wildman–Crippen MR) is 92.5 cm³/mol. The van der Waals surface area contributed by atoms with Crippen molar-refractivity contribution in [3.05, 3.63) is 29.6 Å². The third-order valence-electron chi connectivity index (χ3n) is 4.58. The molecule has 0 aliphatic carbocycles. The summed E-state index contributed by atoms with van der Waals surface area (Å²) in [6, 6.07) is 6.34. The van der Waals surface area contributed by atoms with Crippen LogP contribution in [0.15, 0.2) is 18.2 Å². The van der Waals surface area contributed by atoms with Gasteiger partial charge < -0.3 is 15.2 Å². The molecule has 5 heteroatoms. The number of nitrogens with zero attached hydrogens (tertiary/aromatic N) is 2. The summed E-state index contributed by atoms with van der Waals surface area (Å²) in [5, 5.41) is 2.87. The molecule has 1 amide bonds. The van der Waals surface area contributed by atoms with Gasteiger partial charge in [-0.3, -0.25) is 4.79 Å². The van der Waals surface area contributed by atoms with Crippen LogP contribution in [0.5, 0.6) is 0 Å². The average molecular weight is 314 g/mol. The van der Waals surface area contributed by atoms with Crippen molar-refractivity contribution in [3.8, 4) is 0 Å². The number of H-pyrrole nitrogens is 1. The van der Waals surface area contributed by atoms with Crippen molar-refractivity contribution in [2.24, 2.45) is 0 Å². The van der Waals surface area contributed by atoms with E-state index in [9.17, 15) is 4.79 Å². The Kier molecular flexibility index (Phi) is 4.96. The Bertz CT molecular complexity index is 679. The van der Waals surface area contributed by atoms with Crippen LogP contribution in [0.25, 0.3) is 11.0 Å². The van der Waals surface area contributed by atoms with Crippen molar-refractivity contribution >= 4 is 16.9 Å². The number of carbonyl (C=O) groups is 1. The molecule has 124 valence electrons. The molecule has 1 atom stereocenters. The van der Waals surface area contributed by atoms with Crippen LogP contribution in [0, 0.1) is 6.92 Å².